The van der Waals surface area contributed by atoms with Crippen molar-refractivity contribution in [2.45, 2.75) is 26.9 Å². The van der Waals surface area contributed by atoms with Crippen molar-refractivity contribution in [3.8, 4) is 11.5 Å². The number of hydrogen-bond acceptors (Lipinski definition) is 10. The fourth-order valence-corrected chi connectivity index (χ4v) is 6.03. The lowest BCUT2D eigenvalue weighted by molar-refractivity contribution is -0.677. The standard InChI is InChI=1S/C28H34N8O2S2/c1-5-33-15-17-39-27(33)31-29-23-9-7-21(19-25(23)37-3)35-11-13-36(14-12-35)22-8-10-24(26(20-22)38-4)30-32-28-34(6-2)16-18-40-28/h7-10,15-20H,5-6,11-14H2,1-4H3/q+2. The number of aromatic nitrogens is 2. The van der Waals surface area contributed by atoms with Gasteiger partial charge in [-0.25, -0.2) is 9.13 Å². The van der Waals surface area contributed by atoms with E-state index in [1.54, 1.807) is 36.9 Å². The summed E-state index contributed by atoms with van der Waals surface area (Å²) >= 11 is 3.14. The summed E-state index contributed by atoms with van der Waals surface area (Å²) in [7, 11) is 3.35. The molecule has 1 aliphatic rings. The van der Waals surface area contributed by atoms with E-state index in [-0.39, 0.29) is 0 Å². The van der Waals surface area contributed by atoms with Gasteiger partial charge in [-0.15, -0.1) is 0 Å². The molecule has 10 nitrogen and oxygen atoms in total. The van der Waals surface area contributed by atoms with Crippen LogP contribution in [0.2, 0.25) is 0 Å². The fraction of sp³-hybridized carbons (Fsp3) is 0.357. The maximum Gasteiger partial charge on any atom is 0.408 e. The van der Waals surface area contributed by atoms with Crippen molar-refractivity contribution in [2.24, 2.45) is 20.5 Å². The first kappa shape index (κ1) is 27.7. The number of benzene rings is 2. The van der Waals surface area contributed by atoms with Gasteiger partial charge in [0.1, 0.15) is 12.4 Å². The first-order chi connectivity index (χ1) is 19.6. The average molecular weight is 579 g/mol. The number of anilines is 2. The molecule has 2 aromatic carbocycles. The van der Waals surface area contributed by atoms with E-state index in [9.17, 15) is 0 Å². The first-order valence-corrected chi connectivity index (χ1v) is 15.0. The third-order valence-electron chi connectivity index (χ3n) is 6.82. The van der Waals surface area contributed by atoms with Gasteiger partial charge in [-0.3, -0.25) is 0 Å². The van der Waals surface area contributed by atoms with Crippen LogP contribution in [0.3, 0.4) is 0 Å². The predicted octanol–water partition coefficient (Wildman–Crippen LogP) is 6.60. The normalized spacial score (nSPS) is 14.0. The second-order valence-electron chi connectivity index (χ2n) is 9.03. The molecule has 0 spiro atoms. The van der Waals surface area contributed by atoms with Crippen LogP contribution in [0, 0.1) is 0 Å². The van der Waals surface area contributed by atoms with Crippen molar-refractivity contribution in [2.75, 3.05) is 50.2 Å². The lowest BCUT2D eigenvalue weighted by Crippen LogP contribution is -2.46. The minimum absolute atomic E-state index is 0.713. The predicted molar refractivity (Wildman–Crippen MR) is 159 cm³/mol. The monoisotopic (exact) mass is 578 g/mol. The molecule has 0 atom stereocenters. The number of aryl methyl sites for hydroxylation is 2. The maximum atomic E-state index is 5.66. The van der Waals surface area contributed by atoms with Gasteiger partial charge >= 0.3 is 10.3 Å². The van der Waals surface area contributed by atoms with E-state index in [2.05, 4.69) is 65.4 Å². The van der Waals surface area contributed by atoms with E-state index in [1.807, 2.05) is 47.4 Å². The first-order valence-electron chi connectivity index (χ1n) is 13.3. The Balaban J connectivity index is 1.24. The van der Waals surface area contributed by atoms with Crippen LogP contribution >= 0.6 is 22.7 Å². The molecule has 0 unspecified atom stereocenters. The van der Waals surface area contributed by atoms with E-state index < -0.39 is 0 Å². The van der Waals surface area contributed by atoms with Gasteiger partial charge in [0, 0.05) is 60.4 Å². The number of azo groups is 2. The van der Waals surface area contributed by atoms with Crippen molar-refractivity contribution in [1.29, 1.82) is 0 Å². The number of nitrogens with zero attached hydrogens (tertiary/aromatic N) is 8. The van der Waals surface area contributed by atoms with Crippen LogP contribution in [0.25, 0.3) is 0 Å². The van der Waals surface area contributed by atoms with Gasteiger partial charge in [0.2, 0.25) is 0 Å². The molecular weight excluding hydrogens is 544 g/mol. The third kappa shape index (κ3) is 6.13. The van der Waals surface area contributed by atoms with Gasteiger partial charge in [0.15, 0.2) is 22.9 Å². The van der Waals surface area contributed by atoms with Gasteiger partial charge in [-0.1, -0.05) is 0 Å². The minimum Gasteiger partial charge on any atom is -0.494 e. The largest absolute Gasteiger partial charge is 0.494 e. The lowest BCUT2D eigenvalue weighted by atomic mass is 10.2. The van der Waals surface area contributed by atoms with Crippen LogP contribution in [0.5, 0.6) is 11.5 Å². The van der Waals surface area contributed by atoms with Crippen LogP contribution in [0.15, 0.2) is 80.0 Å². The SMILES string of the molecule is CC[n+]1ccsc1/N=N/c1ccc(N2CCN(c3ccc(/N=N/c4scc[n+]4CC)c(OC)c3)CC2)cc1OC. The van der Waals surface area contributed by atoms with Gasteiger partial charge in [0.25, 0.3) is 0 Å². The second-order valence-corrected chi connectivity index (χ2v) is 10.8. The molecule has 40 heavy (non-hydrogen) atoms. The molecule has 0 N–H and O–H groups in total. The summed E-state index contributed by atoms with van der Waals surface area (Å²) in [5.74, 6) is 1.43. The summed E-state index contributed by atoms with van der Waals surface area (Å²) in [4.78, 5) is 4.74. The molecule has 0 saturated carbocycles. The number of rotatable bonds is 10. The molecule has 208 valence electrons. The summed E-state index contributed by atoms with van der Waals surface area (Å²) in [6, 6.07) is 12.2. The molecule has 5 rings (SSSR count). The van der Waals surface area contributed by atoms with E-state index in [0.717, 1.165) is 60.9 Å². The molecule has 12 heteroatoms. The molecule has 0 radical (unpaired) electrons. The Morgan fingerprint density at radius 3 is 1.48 bits per heavy atom. The van der Waals surface area contributed by atoms with Crippen molar-refractivity contribution >= 4 is 55.7 Å². The average Bonchev–Trinajstić information content (AvgIpc) is 3.67. The van der Waals surface area contributed by atoms with Crippen LogP contribution < -0.4 is 28.4 Å². The highest BCUT2D eigenvalue weighted by Crippen LogP contribution is 2.36. The van der Waals surface area contributed by atoms with Crippen LogP contribution in [0.4, 0.5) is 33.0 Å². The highest BCUT2D eigenvalue weighted by molar-refractivity contribution is 7.13. The van der Waals surface area contributed by atoms with Gasteiger partial charge in [-0.05, 0) is 71.0 Å². The number of hydrogen-bond donors (Lipinski definition) is 0. The van der Waals surface area contributed by atoms with Gasteiger partial charge in [0.05, 0.1) is 37.5 Å². The molecule has 0 bridgehead atoms. The van der Waals surface area contributed by atoms with Crippen molar-refractivity contribution < 1.29 is 18.6 Å². The van der Waals surface area contributed by atoms with Crippen molar-refractivity contribution in [1.82, 2.24) is 0 Å². The van der Waals surface area contributed by atoms with E-state index in [4.69, 9.17) is 9.47 Å². The number of methoxy groups -OCH3 is 2. The summed E-state index contributed by atoms with van der Waals surface area (Å²) in [6.07, 6.45) is 4.03. The van der Waals surface area contributed by atoms with Crippen molar-refractivity contribution in [3.63, 3.8) is 0 Å². The Morgan fingerprint density at radius 2 is 1.10 bits per heavy atom. The van der Waals surface area contributed by atoms with Gasteiger partial charge < -0.3 is 19.3 Å². The summed E-state index contributed by atoms with van der Waals surface area (Å²) in [5.41, 5.74) is 3.66. The zero-order chi connectivity index (χ0) is 27.9. The second kappa shape index (κ2) is 13.0. The van der Waals surface area contributed by atoms with Crippen molar-refractivity contribution in [3.05, 3.63) is 59.6 Å². The summed E-state index contributed by atoms with van der Waals surface area (Å²) in [6.45, 7) is 9.43. The van der Waals surface area contributed by atoms with E-state index >= 15 is 0 Å². The number of thiazole rings is 2. The molecule has 3 heterocycles. The van der Waals surface area contributed by atoms with Crippen LogP contribution in [0.1, 0.15) is 13.8 Å². The van der Waals surface area contributed by atoms with Gasteiger partial charge in [-0.2, -0.15) is 0 Å². The fourth-order valence-electron chi connectivity index (χ4n) is 4.54. The highest BCUT2D eigenvalue weighted by Gasteiger charge is 2.21. The van der Waals surface area contributed by atoms with Crippen LogP contribution in [-0.2, 0) is 13.1 Å². The summed E-state index contributed by atoms with van der Waals surface area (Å²) in [5, 5.41) is 23.6. The molecule has 2 aromatic heterocycles. The van der Waals surface area contributed by atoms with E-state index in [0.29, 0.717) is 22.9 Å². The molecule has 0 aliphatic carbocycles. The minimum atomic E-state index is 0.713. The highest BCUT2D eigenvalue weighted by atomic mass is 32.1. The zero-order valence-corrected chi connectivity index (χ0v) is 24.9. The summed E-state index contributed by atoms with van der Waals surface area (Å²) < 4.78 is 15.4. The Morgan fingerprint density at radius 1 is 0.675 bits per heavy atom. The molecule has 0 amide bonds. The van der Waals surface area contributed by atoms with Crippen LogP contribution in [-0.4, -0.2) is 40.4 Å². The zero-order valence-electron chi connectivity index (χ0n) is 23.2. The number of ether oxygens (including phenoxy) is 2. The maximum absolute atomic E-state index is 5.66. The topological polar surface area (TPSA) is 82.1 Å². The smallest absolute Gasteiger partial charge is 0.408 e. The molecular formula is C28H34N8O2S2+2. The third-order valence-corrected chi connectivity index (χ3v) is 8.39. The number of piperazine rings is 1. The Labute approximate surface area is 242 Å². The molecule has 4 aromatic rings. The Bertz CT molecular complexity index is 1380. The lowest BCUT2D eigenvalue weighted by Gasteiger charge is -2.37. The molecule has 1 aliphatic heterocycles. The molecule has 1 saturated heterocycles. The quantitative estimate of drug-likeness (QED) is 0.157. The van der Waals surface area contributed by atoms with E-state index in [1.165, 1.54) is 0 Å². The molecule has 1 fully saturated rings. The Hall–Kier alpha value is -3.90. The Kier molecular flexibility index (Phi) is 8.97.